The Balaban J connectivity index is 1.87. The lowest BCUT2D eigenvalue weighted by atomic mass is 10.2. The Kier molecular flexibility index (Phi) is 4.33. The molecule has 0 atom stereocenters. The number of rotatable bonds is 4. The molecule has 1 heterocycles. The average molecular weight is 281 g/mol. The van der Waals surface area contributed by atoms with Crippen molar-refractivity contribution in [2.45, 2.75) is 13.3 Å². The molecule has 1 aromatic carbocycles. The van der Waals surface area contributed by atoms with Crippen LogP contribution in [0.4, 0.5) is 0 Å². The number of halogens is 1. The van der Waals surface area contributed by atoms with Gasteiger partial charge in [0.1, 0.15) is 0 Å². The maximum absolute atomic E-state index is 11.8. The van der Waals surface area contributed by atoms with Crippen molar-refractivity contribution in [1.29, 1.82) is 0 Å². The first-order valence-corrected chi connectivity index (χ1v) is 6.86. The first kappa shape index (κ1) is 13.1. The Morgan fingerprint density at radius 3 is 2.89 bits per heavy atom. The number of hydrogen-bond donors (Lipinski definition) is 1. The summed E-state index contributed by atoms with van der Waals surface area (Å²) in [5, 5.41) is 6.37. The predicted molar refractivity (Wildman–Crippen MR) is 74.3 cm³/mol. The maximum Gasteiger partial charge on any atom is 0.252 e. The van der Waals surface area contributed by atoms with E-state index in [2.05, 4.69) is 10.3 Å². The van der Waals surface area contributed by atoms with E-state index in [0.29, 0.717) is 17.1 Å². The van der Waals surface area contributed by atoms with Crippen LogP contribution in [0.5, 0.6) is 0 Å². The Hall–Kier alpha value is -1.39. The van der Waals surface area contributed by atoms with E-state index >= 15 is 0 Å². The molecule has 0 saturated heterocycles. The lowest BCUT2D eigenvalue weighted by Crippen LogP contribution is -2.26. The Bertz CT molecular complexity index is 553. The lowest BCUT2D eigenvalue weighted by molar-refractivity contribution is 0.0954. The number of nitrogens with zero attached hydrogens (tertiary/aromatic N) is 1. The molecule has 1 aromatic heterocycles. The van der Waals surface area contributed by atoms with Crippen molar-refractivity contribution in [3.05, 3.63) is 50.9 Å². The minimum Gasteiger partial charge on any atom is -0.352 e. The molecule has 0 spiro atoms. The summed E-state index contributed by atoms with van der Waals surface area (Å²) in [7, 11) is 0. The zero-order valence-electron chi connectivity index (χ0n) is 9.94. The number of carbonyl (C=O) groups is 1. The van der Waals surface area contributed by atoms with Gasteiger partial charge in [0.15, 0.2) is 0 Å². The highest BCUT2D eigenvalue weighted by Crippen LogP contribution is 2.14. The van der Waals surface area contributed by atoms with Crippen molar-refractivity contribution in [1.82, 2.24) is 10.3 Å². The molecule has 1 N–H and O–H groups in total. The van der Waals surface area contributed by atoms with Gasteiger partial charge in [0.2, 0.25) is 0 Å². The smallest absolute Gasteiger partial charge is 0.252 e. The number of benzene rings is 1. The maximum atomic E-state index is 11.8. The van der Waals surface area contributed by atoms with E-state index in [9.17, 15) is 4.79 Å². The first-order chi connectivity index (χ1) is 8.66. The molecule has 5 heteroatoms. The minimum atomic E-state index is -0.146. The number of thiazole rings is 1. The molecule has 94 valence electrons. The minimum absolute atomic E-state index is 0.146. The summed E-state index contributed by atoms with van der Waals surface area (Å²) in [6, 6.07) is 7.02. The van der Waals surface area contributed by atoms with Crippen LogP contribution < -0.4 is 5.32 Å². The van der Waals surface area contributed by atoms with Crippen molar-refractivity contribution in [2.24, 2.45) is 0 Å². The molecule has 0 fully saturated rings. The fraction of sp³-hybridized carbons (Fsp3) is 0.231. The molecule has 0 bridgehead atoms. The number of amides is 1. The number of carbonyl (C=O) groups excluding carboxylic acids is 1. The number of aromatic nitrogens is 1. The van der Waals surface area contributed by atoms with Gasteiger partial charge in [0.25, 0.3) is 5.91 Å². The summed E-state index contributed by atoms with van der Waals surface area (Å²) >= 11 is 7.56. The molecule has 2 rings (SSSR count). The molecule has 0 aliphatic carbocycles. The van der Waals surface area contributed by atoms with Crippen LogP contribution in [-0.4, -0.2) is 17.4 Å². The van der Waals surface area contributed by atoms with Crippen LogP contribution in [0.2, 0.25) is 5.02 Å². The molecule has 0 aliphatic rings. The largest absolute Gasteiger partial charge is 0.352 e. The molecule has 18 heavy (non-hydrogen) atoms. The van der Waals surface area contributed by atoms with Crippen molar-refractivity contribution in [3.8, 4) is 0 Å². The number of nitrogens with one attached hydrogen (secondary N) is 1. The number of aryl methyl sites for hydroxylation is 1. The molecular formula is C13H13ClN2OS. The van der Waals surface area contributed by atoms with Crippen molar-refractivity contribution < 1.29 is 4.79 Å². The van der Waals surface area contributed by atoms with Gasteiger partial charge in [-0.15, -0.1) is 11.3 Å². The summed E-state index contributed by atoms with van der Waals surface area (Å²) in [5.41, 5.74) is 1.52. The van der Waals surface area contributed by atoms with Gasteiger partial charge in [-0.2, -0.15) is 0 Å². The summed E-state index contributed by atoms with van der Waals surface area (Å²) < 4.78 is 0. The van der Waals surface area contributed by atoms with E-state index in [-0.39, 0.29) is 5.91 Å². The van der Waals surface area contributed by atoms with Gasteiger partial charge in [-0.3, -0.25) is 4.79 Å². The van der Waals surface area contributed by atoms with E-state index in [1.807, 2.05) is 12.3 Å². The van der Waals surface area contributed by atoms with Crippen LogP contribution >= 0.6 is 22.9 Å². The average Bonchev–Trinajstić information content (AvgIpc) is 2.75. The van der Waals surface area contributed by atoms with Crippen LogP contribution in [0, 0.1) is 6.92 Å². The molecule has 1 amide bonds. The summed E-state index contributed by atoms with van der Waals surface area (Å²) in [6.07, 6.45) is 0.737. The topological polar surface area (TPSA) is 42.0 Å². The van der Waals surface area contributed by atoms with Crippen molar-refractivity contribution >= 4 is 28.8 Å². The van der Waals surface area contributed by atoms with Gasteiger partial charge in [-0.1, -0.05) is 23.7 Å². The Labute approximate surface area is 115 Å². The van der Waals surface area contributed by atoms with Crippen LogP contribution in [0.25, 0.3) is 0 Å². The van der Waals surface area contributed by atoms with E-state index in [1.165, 1.54) is 0 Å². The van der Waals surface area contributed by atoms with Crippen molar-refractivity contribution in [2.75, 3.05) is 6.54 Å². The first-order valence-electron chi connectivity index (χ1n) is 5.60. The van der Waals surface area contributed by atoms with Gasteiger partial charge < -0.3 is 5.32 Å². The second kappa shape index (κ2) is 5.98. The van der Waals surface area contributed by atoms with Crippen molar-refractivity contribution in [3.63, 3.8) is 0 Å². The van der Waals surface area contributed by atoms with Crippen LogP contribution in [0.15, 0.2) is 29.6 Å². The van der Waals surface area contributed by atoms with E-state index < -0.39 is 0 Å². The Morgan fingerprint density at radius 1 is 1.44 bits per heavy atom. The Morgan fingerprint density at radius 2 is 2.22 bits per heavy atom. The molecule has 3 nitrogen and oxygen atoms in total. The summed E-state index contributed by atoms with van der Waals surface area (Å²) in [5.74, 6) is -0.146. The fourth-order valence-corrected chi connectivity index (χ4v) is 2.44. The standard InChI is InChI=1S/C13H13ClN2OS/c1-9-16-10(8-18-9)6-7-15-13(17)11-4-2-3-5-12(11)14/h2-5,8H,6-7H2,1H3,(H,15,17). The zero-order chi connectivity index (χ0) is 13.0. The van der Waals surface area contributed by atoms with Gasteiger partial charge in [-0.25, -0.2) is 4.98 Å². The van der Waals surface area contributed by atoms with Crippen LogP contribution in [-0.2, 0) is 6.42 Å². The highest BCUT2D eigenvalue weighted by Gasteiger charge is 2.08. The highest BCUT2D eigenvalue weighted by molar-refractivity contribution is 7.09. The van der Waals surface area contributed by atoms with Gasteiger partial charge in [0.05, 0.1) is 21.3 Å². The number of hydrogen-bond acceptors (Lipinski definition) is 3. The normalized spacial score (nSPS) is 10.3. The van der Waals surface area contributed by atoms with Crippen LogP contribution in [0.3, 0.4) is 0 Å². The third kappa shape index (κ3) is 3.31. The van der Waals surface area contributed by atoms with Gasteiger partial charge in [-0.05, 0) is 19.1 Å². The predicted octanol–water partition coefficient (Wildman–Crippen LogP) is 3.08. The lowest BCUT2D eigenvalue weighted by Gasteiger charge is -2.05. The quantitative estimate of drug-likeness (QED) is 0.935. The molecule has 0 radical (unpaired) electrons. The monoisotopic (exact) mass is 280 g/mol. The third-order valence-electron chi connectivity index (χ3n) is 2.45. The second-order valence-electron chi connectivity index (χ2n) is 3.84. The van der Waals surface area contributed by atoms with Gasteiger partial charge >= 0.3 is 0 Å². The molecule has 0 unspecified atom stereocenters. The second-order valence-corrected chi connectivity index (χ2v) is 5.31. The summed E-state index contributed by atoms with van der Waals surface area (Å²) in [6.45, 7) is 2.53. The molecule has 2 aromatic rings. The third-order valence-corrected chi connectivity index (χ3v) is 3.60. The van der Waals surface area contributed by atoms with Gasteiger partial charge in [0, 0.05) is 18.3 Å². The van der Waals surface area contributed by atoms with E-state index in [1.54, 1.807) is 35.6 Å². The zero-order valence-corrected chi connectivity index (χ0v) is 11.5. The molecule has 0 saturated carbocycles. The molecule has 0 aliphatic heterocycles. The summed E-state index contributed by atoms with van der Waals surface area (Å²) in [4.78, 5) is 16.2. The SMILES string of the molecule is Cc1nc(CCNC(=O)c2ccccc2Cl)cs1. The molecular weight excluding hydrogens is 268 g/mol. The fourth-order valence-electron chi connectivity index (χ4n) is 1.57. The van der Waals surface area contributed by atoms with Crippen LogP contribution in [0.1, 0.15) is 21.1 Å². The van der Waals surface area contributed by atoms with E-state index in [4.69, 9.17) is 11.6 Å². The van der Waals surface area contributed by atoms with E-state index in [0.717, 1.165) is 17.1 Å². The highest BCUT2D eigenvalue weighted by atomic mass is 35.5.